The van der Waals surface area contributed by atoms with Gasteiger partial charge < -0.3 is 5.32 Å². The molecule has 5 nitrogen and oxygen atoms in total. The van der Waals surface area contributed by atoms with Gasteiger partial charge in [0.25, 0.3) is 0 Å². The molecule has 6 heteroatoms. The van der Waals surface area contributed by atoms with Crippen molar-refractivity contribution < 1.29 is 0 Å². The number of fused-ring (bicyclic) bond motifs is 1. The molecule has 0 spiro atoms. The van der Waals surface area contributed by atoms with Crippen LogP contribution in [0.5, 0.6) is 0 Å². The summed E-state index contributed by atoms with van der Waals surface area (Å²) in [6.07, 6.45) is 5.39. The van der Waals surface area contributed by atoms with Crippen LogP contribution in [-0.2, 0) is 13.6 Å². The Balaban J connectivity index is 1.90. The van der Waals surface area contributed by atoms with Gasteiger partial charge in [0, 0.05) is 35.2 Å². The van der Waals surface area contributed by atoms with Gasteiger partial charge in [0.05, 0.1) is 11.7 Å². The molecule has 2 heterocycles. The zero-order chi connectivity index (χ0) is 13.2. The summed E-state index contributed by atoms with van der Waals surface area (Å²) in [5.41, 5.74) is 2.04. The van der Waals surface area contributed by atoms with E-state index in [1.54, 1.807) is 11.0 Å². The lowest BCUT2D eigenvalue weighted by molar-refractivity contribution is 0.767. The molecule has 3 rings (SSSR count). The number of benzene rings is 1. The standard InChI is InChI=1S/C13H12BrN5/c1-19-7-9(6-18-19)5-15-13-11-4-10(14)2-3-12(11)16-8-17-13/h2-4,6-8H,5H2,1H3,(H,15,16,17). The Morgan fingerprint density at radius 1 is 1.32 bits per heavy atom. The molecule has 0 aliphatic heterocycles. The molecule has 0 saturated carbocycles. The van der Waals surface area contributed by atoms with Crippen LogP contribution >= 0.6 is 15.9 Å². The molecule has 0 aliphatic carbocycles. The molecule has 1 N–H and O–H groups in total. The van der Waals surface area contributed by atoms with Crippen LogP contribution in [0.25, 0.3) is 10.9 Å². The van der Waals surface area contributed by atoms with E-state index >= 15 is 0 Å². The van der Waals surface area contributed by atoms with E-state index < -0.39 is 0 Å². The van der Waals surface area contributed by atoms with E-state index in [9.17, 15) is 0 Å². The van der Waals surface area contributed by atoms with Crippen molar-refractivity contribution >= 4 is 32.7 Å². The van der Waals surface area contributed by atoms with Gasteiger partial charge in [-0.3, -0.25) is 4.68 Å². The molecule has 0 bridgehead atoms. The molecule has 0 atom stereocenters. The van der Waals surface area contributed by atoms with Crippen molar-refractivity contribution in [1.29, 1.82) is 0 Å². The van der Waals surface area contributed by atoms with Crippen molar-refractivity contribution in [1.82, 2.24) is 19.7 Å². The maximum Gasteiger partial charge on any atom is 0.137 e. The topological polar surface area (TPSA) is 55.6 Å². The highest BCUT2D eigenvalue weighted by molar-refractivity contribution is 9.10. The molecule has 1 aromatic carbocycles. The van der Waals surface area contributed by atoms with E-state index in [1.165, 1.54) is 0 Å². The lowest BCUT2D eigenvalue weighted by Gasteiger charge is -2.07. The average Bonchev–Trinajstić information content (AvgIpc) is 2.82. The fourth-order valence-corrected chi connectivity index (χ4v) is 2.28. The van der Waals surface area contributed by atoms with Crippen LogP contribution < -0.4 is 5.32 Å². The van der Waals surface area contributed by atoms with Crippen molar-refractivity contribution in [3.63, 3.8) is 0 Å². The first-order valence-electron chi connectivity index (χ1n) is 5.84. The average molecular weight is 318 g/mol. The second-order valence-electron chi connectivity index (χ2n) is 4.26. The minimum absolute atomic E-state index is 0.687. The van der Waals surface area contributed by atoms with Gasteiger partial charge in [-0.15, -0.1) is 0 Å². The lowest BCUT2D eigenvalue weighted by atomic mass is 10.2. The molecule has 2 aromatic heterocycles. The molecule has 3 aromatic rings. The molecule has 0 fully saturated rings. The monoisotopic (exact) mass is 317 g/mol. The maximum absolute atomic E-state index is 4.30. The van der Waals surface area contributed by atoms with E-state index in [0.717, 1.165) is 26.8 Å². The smallest absolute Gasteiger partial charge is 0.137 e. The van der Waals surface area contributed by atoms with Crippen LogP contribution in [0.1, 0.15) is 5.56 Å². The highest BCUT2D eigenvalue weighted by Crippen LogP contribution is 2.23. The van der Waals surface area contributed by atoms with Crippen molar-refractivity contribution in [2.75, 3.05) is 5.32 Å². The number of halogens is 1. The van der Waals surface area contributed by atoms with Crippen molar-refractivity contribution in [3.05, 3.63) is 47.0 Å². The Bertz CT molecular complexity index is 722. The SMILES string of the molecule is Cn1cc(CNc2ncnc3ccc(Br)cc23)cn1. The van der Waals surface area contributed by atoms with Crippen molar-refractivity contribution in [2.24, 2.45) is 7.05 Å². The Labute approximate surface area is 118 Å². The fraction of sp³-hybridized carbons (Fsp3) is 0.154. The Hall–Kier alpha value is -1.95. The molecule has 0 amide bonds. The fourth-order valence-electron chi connectivity index (χ4n) is 1.92. The summed E-state index contributed by atoms with van der Waals surface area (Å²) in [5, 5.41) is 8.46. The predicted molar refractivity (Wildman–Crippen MR) is 77.8 cm³/mol. The normalized spacial score (nSPS) is 10.8. The Kier molecular flexibility index (Phi) is 3.16. The quantitative estimate of drug-likeness (QED) is 0.807. The number of anilines is 1. The summed E-state index contributed by atoms with van der Waals surface area (Å²) in [6.45, 7) is 0.687. The van der Waals surface area contributed by atoms with Gasteiger partial charge >= 0.3 is 0 Å². The minimum Gasteiger partial charge on any atom is -0.365 e. The van der Waals surface area contributed by atoms with Gasteiger partial charge in [-0.25, -0.2) is 9.97 Å². The second kappa shape index (κ2) is 4.97. The number of aryl methyl sites for hydroxylation is 1. The van der Waals surface area contributed by atoms with E-state index in [-0.39, 0.29) is 0 Å². The summed E-state index contributed by atoms with van der Waals surface area (Å²) < 4.78 is 2.80. The molecule has 0 unspecified atom stereocenters. The van der Waals surface area contributed by atoms with E-state index in [4.69, 9.17) is 0 Å². The summed E-state index contributed by atoms with van der Waals surface area (Å²) in [4.78, 5) is 8.55. The first-order valence-corrected chi connectivity index (χ1v) is 6.63. The zero-order valence-electron chi connectivity index (χ0n) is 10.3. The molecule has 0 radical (unpaired) electrons. The van der Waals surface area contributed by atoms with Crippen LogP contribution in [-0.4, -0.2) is 19.7 Å². The number of aromatic nitrogens is 4. The zero-order valence-corrected chi connectivity index (χ0v) is 11.9. The first kappa shape index (κ1) is 12.1. The van der Waals surface area contributed by atoms with Crippen LogP contribution in [0.15, 0.2) is 41.4 Å². The summed E-state index contributed by atoms with van der Waals surface area (Å²) in [6, 6.07) is 5.96. The molecule has 0 saturated heterocycles. The summed E-state index contributed by atoms with van der Waals surface area (Å²) in [5.74, 6) is 0.829. The number of nitrogens with one attached hydrogen (secondary N) is 1. The first-order chi connectivity index (χ1) is 9.22. The van der Waals surface area contributed by atoms with Gasteiger partial charge in [-0.05, 0) is 18.2 Å². The third-order valence-electron chi connectivity index (χ3n) is 2.82. The molecule has 19 heavy (non-hydrogen) atoms. The molecular weight excluding hydrogens is 306 g/mol. The number of rotatable bonds is 3. The second-order valence-corrected chi connectivity index (χ2v) is 5.18. The number of hydrogen-bond acceptors (Lipinski definition) is 4. The van der Waals surface area contributed by atoms with E-state index in [0.29, 0.717) is 6.54 Å². The van der Waals surface area contributed by atoms with Gasteiger partial charge in [-0.1, -0.05) is 15.9 Å². The molecule has 0 aliphatic rings. The highest BCUT2D eigenvalue weighted by Gasteiger charge is 2.04. The third-order valence-corrected chi connectivity index (χ3v) is 3.31. The molecule has 96 valence electrons. The summed E-state index contributed by atoms with van der Waals surface area (Å²) in [7, 11) is 1.90. The van der Waals surface area contributed by atoms with Gasteiger partial charge in [0.2, 0.25) is 0 Å². The maximum atomic E-state index is 4.30. The lowest BCUT2D eigenvalue weighted by Crippen LogP contribution is -2.02. The van der Waals surface area contributed by atoms with Gasteiger partial charge in [-0.2, -0.15) is 5.10 Å². The van der Waals surface area contributed by atoms with E-state index in [2.05, 4.69) is 36.3 Å². The van der Waals surface area contributed by atoms with E-state index in [1.807, 2.05) is 37.6 Å². The minimum atomic E-state index is 0.687. The largest absolute Gasteiger partial charge is 0.365 e. The number of hydrogen-bond donors (Lipinski definition) is 1. The van der Waals surface area contributed by atoms with Gasteiger partial charge in [0.1, 0.15) is 12.1 Å². The third kappa shape index (κ3) is 2.58. The van der Waals surface area contributed by atoms with Crippen LogP contribution in [0.3, 0.4) is 0 Å². The van der Waals surface area contributed by atoms with Crippen LogP contribution in [0.2, 0.25) is 0 Å². The van der Waals surface area contributed by atoms with Crippen molar-refractivity contribution in [3.8, 4) is 0 Å². The predicted octanol–water partition coefficient (Wildman–Crippen LogP) is 2.74. The Morgan fingerprint density at radius 2 is 2.21 bits per heavy atom. The highest BCUT2D eigenvalue weighted by atomic mass is 79.9. The number of nitrogens with zero attached hydrogens (tertiary/aromatic N) is 4. The summed E-state index contributed by atoms with van der Waals surface area (Å²) >= 11 is 3.47. The molecular formula is C13H12BrN5. The van der Waals surface area contributed by atoms with Crippen LogP contribution in [0.4, 0.5) is 5.82 Å². The van der Waals surface area contributed by atoms with Crippen molar-refractivity contribution in [2.45, 2.75) is 6.54 Å². The van der Waals surface area contributed by atoms with Gasteiger partial charge in [0.15, 0.2) is 0 Å². The van der Waals surface area contributed by atoms with Crippen LogP contribution in [0, 0.1) is 0 Å². The Morgan fingerprint density at radius 3 is 3.00 bits per heavy atom.